The number of nitrogen functional groups attached to an aromatic ring is 1. The molecular formula is C12H9BrClFN2O2S. The van der Waals surface area contributed by atoms with Gasteiger partial charge < -0.3 is 5.73 Å². The van der Waals surface area contributed by atoms with E-state index < -0.39 is 20.7 Å². The van der Waals surface area contributed by atoms with Crippen molar-refractivity contribution in [3.05, 3.63) is 51.7 Å². The number of nitrogens with two attached hydrogens (primary N) is 1. The summed E-state index contributed by atoms with van der Waals surface area (Å²) in [6, 6.07) is 7.99. The predicted molar refractivity (Wildman–Crippen MR) is 80.8 cm³/mol. The third kappa shape index (κ3) is 3.05. The zero-order valence-corrected chi connectivity index (χ0v) is 13.1. The summed E-state index contributed by atoms with van der Waals surface area (Å²) in [6.07, 6.45) is 0. The molecule has 0 unspecified atom stereocenters. The van der Waals surface area contributed by atoms with Crippen molar-refractivity contribution in [3.8, 4) is 0 Å². The Bertz CT molecular complexity index is 768. The van der Waals surface area contributed by atoms with Crippen molar-refractivity contribution < 1.29 is 12.8 Å². The number of rotatable bonds is 3. The van der Waals surface area contributed by atoms with Crippen LogP contribution in [-0.4, -0.2) is 8.42 Å². The summed E-state index contributed by atoms with van der Waals surface area (Å²) in [6.45, 7) is 0. The fraction of sp³-hybridized carbons (Fsp3) is 0. The fourth-order valence-corrected chi connectivity index (χ4v) is 3.36. The van der Waals surface area contributed by atoms with Gasteiger partial charge in [0.1, 0.15) is 10.7 Å². The maximum absolute atomic E-state index is 13.6. The van der Waals surface area contributed by atoms with Crippen LogP contribution in [0.15, 0.2) is 45.8 Å². The lowest BCUT2D eigenvalue weighted by atomic mass is 10.3. The molecule has 0 aliphatic rings. The fourth-order valence-electron chi connectivity index (χ4n) is 1.51. The maximum atomic E-state index is 13.6. The van der Waals surface area contributed by atoms with Crippen molar-refractivity contribution >= 4 is 48.9 Å². The number of halogens is 3. The van der Waals surface area contributed by atoms with Crippen molar-refractivity contribution in [3.63, 3.8) is 0 Å². The topological polar surface area (TPSA) is 72.2 Å². The molecule has 4 nitrogen and oxygen atoms in total. The van der Waals surface area contributed by atoms with E-state index in [1.54, 1.807) is 12.1 Å². The first kappa shape index (κ1) is 15.1. The molecule has 0 spiro atoms. The summed E-state index contributed by atoms with van der Waals surface area (Å²) >= 11 is 9.03. The zero-order chi connectivity index (χ0) is 14.9. The maximum Gasteiger partial charge on any atom is 0.264 e. The molecule has 0 saturated carbocycles. The third-order valence-corrected chi connectivity index (χ3v) is 5.22. The molecule has 0 saturated heterocycles. The largest absolute Gasteiger partial charge is 0.399 e. The van der Waals surface area contributed by atoms with E-state index in [4.69, 9.17) is 17.3 Å². The quantitative estimate of drug-likeness (QED) is 0.800. The minimum Gasteiger partial charge on any atom is -0.399 e. The molecule has 0 bridgehead atoms. The molecule has 2 aromatic carbocycles. The van der Waals surface area contributed by atoms with Crippen molar-refractivity contribution in [2.24, 2.45) is 0 Å². The normalized spacial score (nSPS) is 11.3. The second kappa shape index (κ2) is 5.59. The number of anilines is 2. The van der Waals surface area contributed by atoms with Gasteiger partial charge in [0.15, 0.2) is 0 Å². The standard InChI is InChI=1S/C12H9BrClFN2O2S/c13-12-8(14)2-1-3-10(12)17-20(18,19)11-6-7(16)4-5-9(11)15/h1-6,17H,16H2. The average Bonchev–Trinajstić information content (AvgIpc) is 2.37. The third-order valence-electron chi connectivity index (χ3n) is 2.44. The van der Waals surface area contributed by atoms with Gasteiger partial charge >= 0.3 is 0 Å². The van der Waals surface area contributed by atoms with Crippen molar-refractivity contribution in [1.82, 2.24) is 0 Å². The Labute approximate surface area is 128 Å². The average molecular weight is 380 g/mol. The Balaban J connectivity index is 2.46. The predicted octanol–water partition coefficient (Wildman–Crippen LogP) is 3.62. The Kier molecular flexibility index (Phi) is 4.22. The zero-order valence-electron chi connectivity index (χ0n) is 9.90. The number of nitrogens with one attached hydrogen (secondary N) is 1. The smallest absolute Gasteiger partial charge is 0.264 e. The van der Waals surface area contributed by atoms with Gasteiger partial charge in [0.25, 0.3) is 10.0 Å². The lowest BCUT2D eigenvalue weighted by molar-refractivity contribution is 0.570. The number of benzene rings is 2. The van der Waals surface area contributed by atoms with Gasteiger partial charge in [-0.3, -0.25) is 4.72 Å². The van der Waals surface area contributed by atoms with Crippen LogP contribution in [0.1, 0.15) is 0 Å². The minimum absolute atomic E-state index is 0.150. The Morgan fingerprint density at radius 3 is 2.65 bits per heavy atom. The van der Waals surface area contributed by atoms with E-state index >= 15 is 0 Å². The molecule has 2 aromatic rings. The summed E-state index contributed by atoms with van der Waals surface area (Å²) in [5.74, 6) is -0.884. The van der Waals surface area contributed by atoms with Crippen LogP contribution >= 0.6 is 27.5 Å². The van der Waals surface area contributed by atoms with Crippen molar-refractivity contribution in [1.29, 1.82) is 0 Å². The van der Waals surface area contributed by atoms with Crippen LogP contribution in [0.3, 0.4) is 0 Å². The SMILES string of the molecule is Nc1ccc(F)c(S(=O)(=O)Nc2cccc(Cl)c2Br)c1. The number of hydrogen-bond acceptors (Lipinski definition) is 3. The van der Waals surface area contributed by atoms with Gasteiger partial charge in [-0.05, 0) is 46.3 Å². The van der Waals surface area contributed by atoms with Crippen LogP contribution in [-0.2, 0) is 10.0 Å². The van der Waals surface area contributed by atoms with Crippen LogP contribution in [0.5, 0.6) is 0 Å². The first-order valence-electron chi connectivity index (χ1n) is 5.33. The van der Waals surface area contributed by atoms with Gasteiger partial charge in [0.2, 0.25) is 0 Å². The first-order chi connectivity index (χ1) is 9.31. The minimum atomic E-state index is -4.10. The highest BCUT2D eigenvalue weighted by molar-refractivity contribution is 9.10. The van der Waals surface area contributed by atoms with E-state index in [1.807, 2.05) is 0 Å². The number of hydrogen-bond donors (Lipinski definition) is 2. The van der Waals surface area contributed by atoms with Gasteiger partial charge in [-0.15, -0.1) is 0 Å². The molecule has 0 fully saturated rings. The van der Waals surface area contributed by atoms with E-state index in [0.29, 0.717) is 9.50 Å². The van der Waals surface area contributed by atoms with Gasteiger partial charge in [-0.1, -0.05) is 17.7 Å². The van der Waals surface area contributed by atoms with Gasteiger partial charge in [-0.25, -0.2) is 12.8 Å². The summed E-state index contributed by atoms with van der Waals surface area (Å²) < 4.78 is 40.6. The summed E-state index contributed by atoms with van der Waals surface area (Å²) in [7, 11) is -4.10. The van der Waals surface area contributed by atoms with Gasteiger partial charge in [0.05, 0.1) is 15.2 Å². The molecule has 0 atom stereocenters. The summed E-state index contributed by atoms with van der Waals surface area (Å²) in [4.78, 5) is -0.524. The Hall–Kier alpha value is -1.31. The van der Waals surface area contributed by atoms with Gasteiger partial charge in [0, 0.05) is 5.69 Å². The highest BCUT2D eigenvalue weighted by atomic mass is 79.9. The van der Waals surface area contributed by atoms with Crippen LogP contribution in [0.2, 0.25) is 5.02 Å². The molecule has 0 amide bonds. The second-order valence-corrected chi connectivity index (χ2v) is 6.75. The molecule has 0 radical (unpaired) electrons. The van der Waals surface area contributed by atoms with E-state index in [1.165, 1.54) is 12.1 Å². The van der Waals surface area contributed by atoms with Crippen LogP contribution in [0, 0.1) is 5.82 Å². The molecule has 3 N–H and O–H groups in total. The van der Waals surface area contributed by atoms with E-state index in [0.717, 1.165) is 12.1 Å². The Morgan fingerprint density at radius 1 is 1.25 bits per heavy atom. The molecule has 106 valence electrons. The van der Waals surface area contributed by atoms with Crippen LogP contribution in [0.25, 0.3) is 0 Å². The lowest BCUT2D eigenvalue weighted by Crippen LogP contribution is -2.15. The highest BCUT2D eigenvalue weighted by Gasteiger charge is 2.20. The monoisotopic (exact) mass is 378 g/mol. The van der Waals surface area contributed by atoms with Crippen LogP contribution < -0.4 is 10.5 Å². The van der Waals surface area contributed by atoms with E-state index in [9.17, 15) is 12.8 Å². The van der Waals surface area contributed by atoms with Crippen molar-refractivity contribution in [2.75, 3.05) is 10.5 Å². The molecule has 0 aliphatic carbocycles. The molecule has 2 rings (SSSR count). The van der Waals surface area contributed by atoms with Gasteiger partial charge in [-0.2, -0.15) is 0 Å². The highest BCUT2D eigenvalue weighted by Crippen LogP contribution is 2.32. The molecule has 0 heterocycles. The van der Waals surface area contributed by atoms with E-state index in [-0.39, 0.29) is 11.4 Å². The summed E-state index contributed by atoms with van der Waals surface area (Å²) in [5, 5.41) is 0.332. The van der Waals surface area contributed by atoms with E-state index in [2.05, 4.69) is 20.7 Å². The molecule has 0 aliphatic heterocycles. The van der Waals surface area contributed by atoms with Crippen molar-refractivity contribution in [2.45, 2.75) is 4.90 Å². The van der Waals surface area contributed by atoms with Crippen LogP contribution in [0.4, 0.5) is 15.8 Å². The number of sulfonamides is 1. The second-order valence-electron chi connectivity index (χ2n) is 3.90. The molecule has 8 heteroatoms. The lowest BCUT2D eigenvalue weighted by Gasteiger charge is -2.11. The molecule has 20 heavy (non-hydrogen) atoms. The molecular weight excluding hydrogens is 371 g/mol. The molecule has 0 aromatic heterocycles. The first-order valence-corrected chi connectivity index (χ1v) is 7.98. The summed E-state index contributed by atoms with van der Waals surface area (Å²) in [5.41, 5.74) is 5.84. The Morgan fingerprint density at radius 2 is 1.95 bits per heavy atom.